The van der Waals surface area contributed by atoms with Crippen LogP contribution in [0.5, 0.6) is 5.75 Å². The molecule has 0 aliphatic heterocycles. The summed E-state index contributed by atoms with van der Waals surface area (Å²) in [6, 6.07) is 4.94. The van der Waals surface area contributed by atoms with Gasteiger partial charge in [-0.2, -0.15) is 0 Å². The molecule has 0 aromatic heterocycles. The number of nitrogens with one attached hydrogen (secondary N) is 1. The number of esters is 1. The highest BCUT2D eigenvalue weighted by molar-refractivity contribution is 6.04. The van der Waals surface area contributed by atoms with Gasteiger partial charge >= 0.3 is 5.97 Å². The Morgan fingerprint density at radius 2 is 1.96 bits per heavy atom. The molecule has 0 bridgehead atoms. The standard InChI is InChI=1S/C18H27NO4/c1-6-13(4)19-15(11-17(20)23-7-2)18(21)14-10-12(3)8-9-16(14)22-5/h8-10,13,15,19H,6-7,11H2,1-5H3. The highest BCUT2D eigenvalue weighted by Crippen LogP contribution is 2.22. The van der Waals surface area contributed by atoms with Crippen molar-refractivity contribution in [3.8, 4) is 5.75 Å². The van der Waals surface area contributed by atoms with Crippen LogP contribution in [0.4, 0.5) is 0 Å². The Balaban J connectivity index is 3.06. The second-order valence-corrected chi connectivity index (χ2v) is 5.61. The van der Waals surface area contributed by atoms with Crippen molar-refractivity contribution in [3.63, 3.8) is 0 Å². The van der Waals surface area contributed by atoms with Gasteiger partial charge in [0, 0.05) is 6.04 Å². The van der Waals surface area contributed by atoms with Gasteiger partial charge in [-0.25, -0.2) is 0 Å². The first-order chi connectivity index (χ1) is 10.9. The van der Waals surface area contributed by atoms with Gasteiger partial charge in [0.1, 0.15) is 5.75 Å². The molecule has 1 N–H and O–H groups in total. The minimum Gasteiger partial charge on any atom is -0.496 e. The summed E-state index contributed by atoms with van der Waals surface area (Å²) in [4.78, 5) is 24.8. The fraction of sp³-hybridized carbons (Fsp3) is 0.556. The van der Waals surface area contributed by atoms with Gasteiger partial charge in [0.25, 0.3) is 0 Å². The van der Waals surface area contributed by atoms with Crippen LogP contribution in [0.2, 0.25) is 0 Å². The van der Waals surface area contributed by atoms with Crippen molar-refractivity contribution in [1.82, 2.24) is 5.32 Å². The van der Waals surface area contributed by atoms with Crippen LogP contribution < -0.4 is 10.1 Å². The third-order valence-corrected chi connectivity index (χ3v) is 3.71. The Hall–Kier alpha value is -1.88. The zero-order valence-corrected chi connectivity index (χ0v) is 14.6. The summed E-state index contributed by atoms with van der Waals surface area (Å²) < 4.78 is 10.3. The van der Waals surface area contributed by atoms with Crippen LogP contribution in [0.25, 0.3) is 0 Å². The van der Waals surface area contributed by atoms with Crippen LogP contribution in [0.1, 0.15) is 49.5 Å². The van der Waals surface area contributed by atoms with Gasteiger partial charge in [-0.15, -0.1) is 0 Å². The average Bonchev–Trinajstić information content (AvgIpc) is 2.53. The molecule has 0 amide bonds. The van der Waals surface area contributed by atoms with Gasteiger partial charge in [0.05, 0.1) is 31.7 Å². The number of benzene rings is 1. The lowest BCUT2D eigenvalue weighted by atomic mass is 9.98. The highest BCUT2D eigenvalue weighted by atomic mass is 16.5. The number of carbonyl (C=O) groups is 2. The van der Waals surface area contributed by atoms with E-state index in [-0.39, 0.29) is 24.2 Å². The molecule has 2 atom stereocenters. The smallest absolute Gasteiger partial charge is 0.307 e. The number of methoxy groups -OCH3 is 1. The van der Waals surface area contributed by atoms with Crippen LogP contribution in [0.15, 0.2) is 18.2 Å². The maximum Gasteiger partial charge on any atom is 0.307 e. The number of rotatable bonds is 9. The van der Waals surface area contributed by atoms with E-state index in [9.17, 15) is 9.59 Å². The summed E-state index contributed by atoms with van der Waals surface area (Å²) in [6.07, 6.45) is 0.867. The topological polar surface area (TPSA) is 64.6 Å². The van der Waals surface area contributed by atoms with Crippen molar-refractivity contribution in [2.75, 3.05) is 13.7 Å². The minimum atomic E-state index is -0.625. The zero-order chi connectivity index (χ0) is 17.4. The molecular weight excluding hydrogens is 294 g/mol. The first-order valence-corrected chi connectivity index (χ1v) is 8.03. The zero-order valence-electron chi connectivity index (χ0n) is 14.6. The lowest BCUT2D eigenvalue weighted by molar-refractivity contribution is -0.143. The van der Waals surface area contributed by atoms with Crippen molar-refractivity contribution in [3.05, 3.63) is 29.3 Å². The predicted octanol–water partition coefficient (Wildman–Crippen LogP) is 2.90. The SMILES string of the molecule is CCOC(=O)CC(NC(C)CC)C(=O)c1cc(C)ccc1OC. The Kier molecular flexibility index (Phi) is 7.75. The Labute approximate surface area is 138 Å². The van der Waals surface area contributed by atoms with Crippen LogP contribution in [-0.2, 0) is 9.53 Å². The summed E-state index contributed by atoms with van der Waals surface area (Å²) in [7, 11) is 1.53. The number of carbonyl (C=O) groups excluding carboxylic acids is 2. The van der Waals surface area contributed by atoms with Gasteiger partial charge in [0.15, 0.2) is 5.78 Å². The van der Waals surface area contributed by atoms with Gasteiger partial charge in [-0.1, -0.05) is 18.6 Å². The van der Waals surface area contributed by atoms with E-state index in [1.165, 1.54) is 7.11 Å². The minimum absolute atomic E-state index is 0.00805. The summed E-state index contributed by atoms with van der Waals surface area (Å²) in [6.45, 7) is 7.98. The molecule has 23 heavy (non-hydrogen) atoms. The molecule has 128 valence electrons. The van der Waals surface area contributed by atoms with Crippen LogP contribution in [0.3, 0.4) is 0 Å². The Morgan fingerprint density at radius 1 is 1.26 bits per heavy atom. The number of ketones is 1. The summed E-state index contributed by atoms with van der Waals surface area (Å²) in [5, 5.41) is 3.22. The van der Waals surface area contributed by atoms with Gasteiger partial charge in [-0.3, -0.25) is 9.59 Å². The maximum atomic E-state index is 12.9. The van der Waals surface area contributed by atoms with Crippen LogP contribution >= 0.6 is 0 Å². The molecular formula is C18H27NO4. The number of hydrogen-bond donors (Lipinski definition) is 1. The first-order valence-electron chi connectivity index (χ1n) is 8.03. The van der Waals surface area contributed by atoms with Crippen LogP contribution in [-0.4, -0.2) is 37.6 Å². The molecule has 2 unspecified atom stereocenters. The molecule has 1 rings (SSSR count). The molecule has 0 saturated heterocycles. The molecule has 0 fully saturated rings. The maximum absolute atomic E-state index is 12.9. The Morgan fingerprint density at radius 3 is 2.52 bits per heavy atom. The second-order valence-electron chi connectivity index (χ2n) is 5.61. The Bertz CT molecular complexity index is 542. The summed E-state index contributed by atoms with van der Waals surface area (Å²) >= 11 is 0. The van der Waals surface area contributed by atoms with Gasteiger partial charge < -0.3 is 14.8 Å². The normalized spacial score (nSPS) is 13.3. The summed E-state index contributed by atoms with van der Waals surface area (Å²) in [5.41, 5.74) is 1.45. The van der Waals surface area contributed by atoms with Crippen molar-refractivity contribution in [1.29, 1.82) is 0 Å². The van der Waals surface area contributed by atoms with E-state index >= 15 is 0 Å². The lowest BCUT2D eigenvalue weighted by Crippen LogP contribution is -2.43. The van der Waals surface area contributed by atoms with Crippen LogP contribution in [0, 0.1) is 6.92 Å². The molecule has 1 aromatic carbocycles. The van der Waals surface area contributed by atoms with E-state index in [0.717, 1.165) is 12.0 Å². The fourth-order valence-corrected chi connectivity index (χ4v) is 2.28. The monoisotopic (exact) mass is 321 g/mol. The molecule has 0 heterocycles. The molecule has 0 aliphatic carbocycles. The third kappa shape index (κ3) is 5.67. The van der Waals surface area contributed by atoms with E-state index in [1.54, 1.807) is 19.1 Å². The van der Waals surface area contributed by atoms with Gasteiger partial charge in [0.2, 0.25) is 0 Å². The number of ether oxygens (including phenoxy) is 2. The molecule has 5 heteroatoms. The average molecular weight is 321 g/mol. The predicted molar refractivity (Wildman–Crippen MR) is 90.0 cm³/mol. The summed E-state index contributed by atoms with van der Waals surface area (Å²) in [5.74, 6) is -0.0208. The van der Waals surface area contributed by atoms with Crippen molar-refractivity contribution in [2.24, 2.45) is 0 Å². The van der Waals surface area contributed by atoms with E-state index in [0.29, 0.717) is 17.9 Å². The quantitative estimate of drug-likeness (QED) is 0.559. The second kappa shape index (κ2) is 9.30. The number of Topliss-reactive ketones (excluding diaryl/α,β-unsaturated/α-hetero) is 1. The van der Waals surface area contributed by atoms with Gasteiger partial charge in [-0.05, 0) is 39.3 Å². The molecule has 0 radical (unpaired) electrons. The first kappa shape index (κ1) is 19.2. The lowest BCUT2D eigenvalue weighted by Gasteiger charge is -2.22. The van der Waals surface area contributed by atoms with E-state index in [2.05, 4.69) is 5.32 Å². The number of aryl methyl sites for hydroxylation is 1. The van der Waals surface area contributed by atoms with E-state index in [4.69, 9.17) is 9.47 Å². The molecule has 5 nitrogen and oxygen atoms in total. The van der Waals surface area contributed by atoms with E-state index in [1.807, 2.05) is 26.8 Å². The molecule has 0 saturated carbocycles. The van der Waals surface area contributed by atoms with Crippen molar-refractivity contribution >= 4 is 11.8 Å². The molecule has 1 aromatic rings. The third-order valence-electron chi connectivity index (χ3n) is 3.71. The largest absolute Gasteiger partial charge is 0.496 e. The fourth-order valence-electron chi connectivity index (χ4n) is 2.28. The molecule has 0 aliphatic rings. The van der Waals surface area contributed by atoms with Crippen molar-refractivity contribution in [2.45, 2.75) is 52.6 Å². The number of hydrogen-bond acceptors (Lipinski definition) is 5. The van der Waals surface area contributed by atoms with Crippen molar-refractivity contribution < 1.29 is 19.1 Å². The molecule has 0 spiro atoms. The highest BCUT2D eigenvalue weighted by Gasteiger charge is 2.27. The van der Waals surface area contributed by atoms with E-state index < -0.39 is 6.04 Å².